The van der Waals surface area contributed by atoms with Crippen molar-refractivity contribution in [3.63, 3.8) is 0 Å². The maximum atomic E-state index is 13.4. The van der Waals surface area contributed by atoms with Crippen molar-refractivity contribution in [3.8, 4) is 11.3 Å². The number of benzene rings is 1. The van der Waals surface area contributed by atoms with Crippen LogP contribution < -0.4 is 10.2 Å². The van der Waals surface area contributed by atoms with Crippen LogP contribution in [0.5, 0.6) is 0 Å². The average Bonchev–Trinajstić information content (AvgIpc) is 3.19. The Balaban J connectivity index is 1.36. The molecular weight excluding hydrogens is 367 g/mol. The van der Waals surface area contributed by atoms with Gasteiger partial charge in [-0.2, -0.15) is 0 Å². The Labute approximate surface area is 159 Å². The molecule has 1 saturated heterocycles. The Hall–Kier alpha value is -3.07. The molecule has 0 unspecified atom stereocenters. The SMILES string of the molecule is O=C(Nc1cnccn1)N1CCN(c2nc(-c3cccc(F)c3)cs2)CC1. The minimum absolute atomic E-state index is 0.185. The van der Waals surface area contributed by atoms with E-state index in [9.17, 15) is 9.18 Å². The Morgan fingerprint density at radius 1 is 1.19 bits per heavy atom. The van der Waals surface area contributed by atoms with E-state index in [4.69, 9.17) is 0 Å². The number of hydrogen-bond donors (Lipinski definition) is 1. The largest absolute Gasteiger partial charge is 0.345 e. The number of anilines is 2. The summed E-state index contributed by atoms with van der Waals surface area (Å²) < 4.78 is 13.4. The quantitative estimate of drug-likeness (QED) is 0.751. The molecule has 0 saturated carbocycles. The lowest BCUT2D eigenvalue weighted by atomic mass is 10.2. The first-order valence-electron chi connectivity index (χ1n) is 8.47. The van der Waals surface area contributed by atoms with Gasteiger partial charge in [0.2, 0.25) is 0 Å². The Morgan fingerprint density at radius 2 is 2.04 bits per heavy atom. The third-order valence-corrected chi connectivity index (χ3v) is 5.15. The summed E-state index contributed by atoms with van der Waals surface area (Å²) >= 11 is 1.52. The third-order valence-electron chi connectivity index (χ3n) is 4.25. The number of nitrogens with zero attached hydrogens (tertiary/aromatic N) is 5. The van der Waals surface area contributed by atoms with Crippen LogP contribution in [0, 0.1) is 5.82 Å². The predicted octanol–water partition coefficient (Wildman–Crippen LogP) is 3.09. The highest BCUT2D eigenvalue weighted by molar-refractivity contribution is 7.14. The number of nitrogens with one attached hydrogen (secondary N) is 1. The van der Waals surface area contributed by atoms with Crippen molar-refractivity contribution in [2.75, 3.05) is 36.4 Å². The molecule has 3 heterocycles. The highest BCUT2D eigenvalue weighted by Gasteiger charge is 2.23. The van der Waals surface area contributed by atoms with Gasteiger partial charge in [0.05, 0.1) is 11.9 Å². The lowest BCUT2D eigenvalue weighted by Crippen LogP contribution is -2.50. The molecule has 0 radical (unpaired) electrons. The Kier molecular flexibility index (Phi) is 4.93. The van der Waals surface area contributed by atoms with Crippen molar-refractivity contribution in [3.05, 3.63) is 54.1 Å². The molecule has 2 aromatic heterocycles. The first-order chi connectivity index (χ1) is 13.2. The second kappa shape index (κ2) is 7.67. The number of aromatic nitrogens is 3. The molecule has 138 valence electrons. The van der Waals surface area contributed by atoms with Crippen molar-refractivity contribution in [1.82, 2.24) is 19.9 Å². The van der Waals surface area contributed by atoms with Crippen molar-refractivity contribution in [2.24, 2.45) is 0 Å². The number of carbonyl (C=O) groups excluding carboxylic acids is 1. The Bertz CT molecular complexity index is 926. The number of halogens is 1. The molecule has 2 amide bonds. The summed E-state index contributed by atoms with van der Waals surface area (Å²) in [4.78, 5) is 28.8. The summed E-state index contributed by atoms with van der Waals surface area (Å²) in [5.74, 6) is 0.161. The van der Waals surface area contributed by atoms with Crippen LogP contribution in [0.25, 0.3) is 11.3 Å². The van der Waals surface area contributed by atoms with Crippen LogP contribution in [0.4, 0.5) is 20.1 Å². The smallest absolute Gasteiger partial charge is 0.323 e. The van der Waals surface area contributed by atoms with Crippen LogP contribution in [0.15, 0.2) is 48.2 Å². The molecule has 9 heteroatoms. The maximum absolute atomic E-state index is 13.4. The standard InChI is InChI=1S/C18H17FN6OS/c19-14-3-1-2-13(10-14)15-12-27-18(22-15)25-8-6-24(7-9-25)17(26)23-16-11-20-4-5-21-16/h1-5,10-12H,6-9H2,(H,21,23,26). The van der Waals surface area contributed by atoms with Crippen LogP contribution in [0.3, 0.4) is 0 Å². The second-order valence-corrected chi connectivity index (χ2v) is 6.86. The molecule has 1 N–H and O–H groups in total. The highest BCUT2D eigenvalue weighted by atomic mass is 32.1. The second-order valence-electron chi connectivity index (χ2n) is 6.02. The molecule has 0 atom stereocenters. The van der Waals surface area contributed by atoms with Gasteiger partial charge in [-0.3, -0.25) is 10.3 Å². The van der Waals surface area contributed by atoms with Crippen LogP contribution in [0.2, 0.25) is 0 Å². The molecule has 27 heavy (non-hydrogen) atoms. The van der Waals surface area contributed by atoms with E-state index in [0.717, 1.165) is 16.4 Å². The average molecular weight is 384 g/mol. The van der Waals surface area contributed by atoms with Gasteiger partial charge in [0.25, 0.3) is 0 Å². The molecule has 0 aliphatic carbocycles. The number of amides is 2. The first kappa shape index (κ1) is 17.3. The van der Waals surface area contributed by atoms with Gasteiger partial charge in [-0.05, 0) is 12.1 Å². The van der Waals surface area contributed by atoms with E-state index in [1.807, 2.05) is 11.4 Å². The van der Waals surface area contributed by atoms with Gasteiger partial charge in [0.1, 0.15) is 5.82 Å². The zero-order valence-electron chi connectivity index (χ0n) is 14.4. The summed E-state index contributed by atoms with van der Waals surface area (Å²) in [5.41, 5.74) is 1.52. The zero-order chi connectivity index (χ0) is 18.6. The molecule has 4 rings (SSSR count). The van der Waals surface area contributed by atoms with E-state index in [-0.39, 0.29) is 11.8 Å². The topological polar surface area (TPSA) is 74.2 Å². The minimum Gasteiger partial charge on any atom is -0.345 e. The van der Waals surface area contributed by atoms with E-state index >= 15 is 0 Å². The van der Waals surface area contributed by atoms with Gasteiger partial charge in [0, 0.05) is 49.5 Å². The molecule has 1 fully saturated rings. The lowest BCUT2D eigenvalue weighted by Gasteiger charge is -2.34. The van der Waals surface area contributed by atoms with Gasteiger partial charge < -0.3 is 9.80 Å². The van der Waals surface area contributed by atoms with E-state index in [1.54, 1.807) is 17.2 Å². The van der Waals surface area contributed by atoms with Crippen molar-refractivity contribution in [1.29, 1.82) is 0 Å². The van der Waals surface area contributed by atoms with Crippen LogP contribution >= 0.6 is 11.3 Å². The van der Waals surface area contributed by atoms with E-state index in [2.05, 4.69) is 25.2 Å². The molecular formula is C18H17FN6OS. The summed E-state index contributed by atoms with van der Waals surface area (Å²) in [7, 11) is 0. The first-order valence-corrected chi connectivity index (χ1v) is 9.35. The van der Waals surface area contributed by atoms with Gasteiger partial charge in [-0.25, -0.2) is 19.2 Å². The van der Waals surface area contributed by atoms with E-state index < -0.39 is 0 Å². The fraction of sp³-hybridized carbons (Fsp3) is 0.222. The molecule has 3 aromatic rings. The number of piperazine rings is 1. The normalized spacial score (nSPS) is 14.3. The van der Waals surface area contributed by atoms with Crippen LogP contribution in [-0.2, 0) is 0 Å². The molecule has 0 bridgehead atoms. The van der Waals surface area contributed by atoms with Gasteiger partial charge in [0.15, 0.2) is 10.9 Å². The summed E-state index contributed by atoms with van der Waals surface area (Å²) in [5, 5.41) is 5.55. The number of rotatable bonds is 3. The Morgan fingerprint density at radius 3 is 2.78 bits per heavy atom. The zero-order valence-corrected chi connectivity index (χ0v) is 15.2. The summed E-state index contributed by atoms with van der Waals surface area (Å²) in [6, 6.07) is 6.24. The number of urea groups is 1. The number of carbonyl (C=O) groups is 1. The minimum atomic E-state index is -0.273. The van der Waals surface area contributed by atoms with Crippen LogP contribution in [0.1, 0.15) is 0 Å². The highest BCUT2D eigenvalue weighted by Crippen LogP contribution is 2.28. The monoisotopic (exact) mass is 384 g/mol. The fourth-order valence-electron chi connectivity index (χ4n) is 2.84. The number of thiazole rings is 1. The molecule has 7 nitrogen and oxygen atoms in total. The van der Waals surface area contributed by atoms with Crippen LogP contribution in [-0.4, -0.2) is 52.1 Å². The van der Waals surface area contributed by atoms with E-state index in [0.29, 0.717) is 32.0 Å². The van der Waals surface area contributed by atoms with Crippen molar-refractivity contribution < 1.29 is 9.18 Å². The summed E-state index contributed by atoms with van der Waals surface area (Å²) in [6.45, 7) is 2.54. The maximum Gasteiger partial charge on any atom is 0.323 e. The molecule has 1 aromatic carbocycles. The lowest BCUT2D eigenvalue weighted by molar-refractivity contribution is 0.208. The van der Waals surface area contributed by atoms with Crippen molar-refractivity contribution >= 4 is 28.3 Å². The molecule has 1 aliphatic rings. The fourth-order valence-corrected chi connectivity index (χ4v) is 3.73. The molecule has 1 aliphatic heterocycles. The van der Waals surface area contributed by atoms with Gasteiger partial charge >= 0.3 is 6.03 Å². The number of hydrogen-bond acceptors (Lipinski definition) is 6. The van der Waals surface area contributed by atoms with E-state index in [1.165, 1.54) is 35.9 Å². The third kappa shape index (κ3) is 4.03. The molecule has 0 spiro atoms. The van der Waals surface area contributed by atoms with Gasteiger partial charge in [-0.15, -0.1) is 11.3 Å². The summed E-state index contributed by atoms with van der Waals surface area (Å²) in [6.07, 6.45) is 4.60. The van der Waals surface area contributed by atoms with Crippen molar-refractivity contribution in [2.45, 2.75) is 0 Å². The van der Waals surface area contributed by atoms with Gasteiger partial charge in [-0.1, -0.05) is 12.1 Å². The predicted molar refractivity (Wildman–Crippen MR) is 102 cm³/mol.